The fourth-order valence-electron chi connectivity index (χ4n) is 15.4. The third-order valence-corrected chi connectivity index (χ3v) is 20.3. The maximum Gasteiger partial charge on any atom is 0.140 e. The minimum atomic E-state index is -0.331. The molecule has 11 nitrogen and oxygen atoms in total. The van der Waals surface area contributed by atoms with Crippen LogP contribution < -0.4 is 9.80 Å². The van der Waals surface area contributed by atoms with Crippen molar-refractivity contribution < 1.29 is 0 Å². The molecular formula is C89H77N11. The number of fused-ring (bicyclic) bond motifs is 16. The second-order valence-corrected chi connectivity index (χ2v) is 26.0. The van der Waals surface area contributed by atoms with E-state index in [4.69, 9.17) is 0 Å². The van der Waals surface area contributed by atoms with Gasteiger partial charge in [-0.05, 0) is 112 Å². The van der Waals surface area contributed by atoms with Gasteiger partial charge in [0.25, 0.3) is 0 Å². The first-order chi connectivity index (χ1) is 49.0. The molecule has 0 saturated heterocycles. The van der Waals surface area contributed by atoms with Gasteiger partial charge in [0.2, 0.25) is 0 Å². The van der Waals surface area contributed by atoms with E-state index in [1.54, 1.807) is 0 Å². The largest absolute Gasteiger partial charge is 0.344 e. The smallest absolute Gasteiger partial charge is 0.140 e. The molecule has 0 fully saturated rings. The van der Waals surface area contributed by atoms with Crippen molar-refractivity contribution in [1.29, 1.82) is 0 Å². The van der Waals surface area contributed by atoms with Crippen LogP contribution in [0.2, 0.25) is 0 Å². The first-order valence-corrected chi connectivity index (χ1v) is 33.9. The number of hydrogen-bond donors (Lipinski definition) is 0. The van der Waals surface area contributed by atoms with Gasteiger partial charge in [0.05, 0.1) is 33.0 Å². The highest BCUT2D eigenvalue weighted by Crippen LogP contribution is 2.55. The molecule has 20 rings (SSSR count). The Hall–Kier alpha value is -12.5. The van der Waals surface area contributed by atoms with E-state index >= 15 is 0 Å². The highest BCUT2D eigenvalue weighted by atomic mass is 15.1. The van der Waals surface area contributed by atoms with E-state index in [2.05, 4.69) is 358 Å². The maximum absolute atomic E-state index is 4.38. The number of hydrogen-bond acceptors (Lipinski definition) is 7. The van der Waals surface area contributed by atoms with E-state index in [0.717, 1.165) is 16.4 Å². The number of rotatable bonds is 2. The van der Waals surface area contributed by atoms with Crippen molar-refractivity contribution in [1.82, 2.24) is 43.2 Å². The molecule has 2 aliphatic rings. The second kappa shape index (κ2) is 26.9. The average molecular weight is 1300 g/mol. The van der Waals surface area contributed by atoms with Crippen LogP contribution in [-0.4, -0.2) is 57.3 Å². The minimum absolute atomic E-state index is 0.0830. The Bertz CT molecular complexity index is 5160. The Labute approximate surface area is 582 Å². The van der Waals surface area contributed by atoms with E-state index in [-0.39, 0.29) is 10.8 Å². The lowest BCUT2D eigenvalue weighted by molar-refractivity contribution is 0.629. The summed E-state index contributed by atoms with van der Waals surface area (Å²) in [7, 11) is 12.6. The van der Waals surface area contributed by atoms with E-state index in [0.29, 0.717) is 0 Å². The third kappa shape index (κ3) is 11.0. The summed E-state index contributed by atoms with van der Waals surface area (Å²) >= 11 is 0. The van der Waals surface area contributed by atoms with Crippen LogP contribution in [0.25, 0.3) is 87.4 Å². The normalized spacial score (nSPS) is 12.9. The Morgan fingerprint density at radius 2 is 0.520 bits per heavy atom. The zero-order chi connectivity index (χ0) is 68.5. The number of anilines is 4. The summed E-state index contributed by atoms with van der Waals surface area (Å²) in [4.78, 5) is 25.6. The van der Waals surface area contributed by atoms with Crippen molar-refractivity contribution >= 4 is 110 Å². The molecule has 0 unspecified atom stereocenters. The topological polar surface area (TPSA) is 90.7 Å². The number of benzene rings is 9. The lowest BCUT2D eigenvalue weighted by atomic mass is 9.62. The highest BCUT2D eigenvalue weighted by Gasteiger charge is 2.45. The van der Waals surface area contributed by atoms with Crippen molar-refractivity contribution in [3.05, 3.63) is 356 Å². The SMILES string of the molecule is CN1c2ccccc2C(C)(C)c2ccccc21.CN1c2ccccc2C(c2ccccc2)(c2ccccc2)c2ccccc21.Cn1c2ccccc2c2cccnc21.Cn1c2ccccc2c2cnccc21.Cn1c2ccccc2c2cnccc21.Cn1c2ccncc2c2cnccc21. The van der Waals surface area contributed by atoms with Crippen LogP contribution >= 0.6 is 0 Å². The molecular weight excluding hydrogens is 1220 g/mol. The maximum atomic E-state index is 4.38. The van der Waals surface area contributed by atoms with Gasteiger partial charge >= 0.3 is 0 Å². The van der Waals surface area contributed by atoms with E-state index in [9.17, 15) is 0 Å². The first kappa shape index (κ1) is 63.6. The van der Waals surface area contributed by atoms with Crippen LogP contribution in [0.4, 0.5) is 22.7 Å². The summed E-state index contributed by atoms with van der Waals surface area (Å²) in [5, 5.41) is 9.84. The standard InChI is InChI=1S/C26H21N.C16H17N.3C12H10N2.C11H9N3/c1-27-24-18-10-8-16-22(24)26(20-12-4-2-5-13-20,21-14-6-3-7-15-21)23-17-9-11-19-25(23)27;1-16(2)12-8-4-6-10-14(12)17(3)15-11-7-5-9-13(15)16;1-14-11-7-3-2-5-9(11)10-6-4-8-13-12(10)14;2*1-14-11-5-3-2-4-9(11)10-8-13-7-6-12(10)14;1-14-10-2-4-12-6-8(10)9-7-13-5-3-11(9)14/h2-19H,1H3;4-11H,1-3H3;3*2-8H,1H3;2-7H,1H3. The van der Waals surface area contributed by atoms with Crippen LogP contribution in [0, 0.1) is 0 Å². The Morgan fingerprint density at radius 3 is 0.910 bits per heavy atom. The van der Waals surface area contributed by atoms with Crippen molar-refractivity contribution in [3.63, 3.8) is 0 Å². The summed E-state index contributed by atoms with van der Waals surface area (Å²) in [5.74, 6) is 0. The minimum Gasteiger partial charge on any atom is -0.344 e. The molecule has 11 heterocycles. The molecule has 11 heteroatoms. The second-order valence-electron chi connectivity index (χ2n) is 26.0. The summed E-state index contributed by atoms with van der Waals surface area (Å²) < 4.78 is 8.69. The number of nitrogens with zero attached hydrogens (tertiary/aromatic N) is 11. The van der Waals surface area contributed by atoms with Gasteiger partial charge in [-0.1, -0.05) is 202 Å². The van der Waals surface area contributed by atoms with Gasteiger partial charge in [-0.15, -0.1) is 0 Å². The molecule has 0 saturated carbocycles. The molecule has 0 amide bonds. The lowest BCUT2D eigenvalue weighted by Gasteiger charge is -2.45. The molecule has 0 radical (unpaired) electrons. The van der Waals surface area contributed by atoms with Gasteiger partial charge in [0.15, 0.2) is 0 Å². The third-order valence-electron chi connectivity index (χ3n) is 20.3. The molecule has 0 bridgehead atoms. The highest BCUT2D eigenvalue weighted by molar-refractivity contribution is 6.10. The molecule has 488 valence electrons. The van der Waals surface area contributed by atoms with Gasteiger partial charge in [-0.3, -0.25) is 19.9 Å². The molecule has 9 aromatic carbocycles. The molecule has 0 aliphatic carbocycles. The molecule has 100 heavy (non-hydrogen) atoms. The summed E-state index contributed by atoms with van der Waals surface area (Å²) in [6.07, 6.45) is 16.8. The van der Waals surface area contributed by atoms with Crippen molar-refractivity contribution in [2.24, 2.45) is 28.2 Å². The van der Waals surface area contributed by atoms with Crippen LogP contribution in [0.1, 0.15) is 47.2 Å². The molecule has 0 N–H and O–H groups in total. The average Bonchev–Trinajstić information content (AvgIpc) is 1.16. The van der Waals surface area contributed by atoms with E-state index in [1.807, 2.05) is 74.0 Å². The van der Waals surface area contributed by atoms with Gasteiger partial charge < -0.3 is 28.1 Å². The Kier molecular flexibility index (Phi) is 17.1. The predicted molar refractivity (Wildman–Crippen MR) is 417 cm³/mol. The fourth-order valence-corrected chi connectivity index (χ4v) is 15.4. The zero-order valence-electron chi connectivity index (χ0n) is 57.5. The van der Waals surface area contributed by atoms with Gasteiger partial charge in [0, 0.05) is 180 Å². The summed E-state index contributed by atoms with van der Waals surface area (Å²) in [6, 6.07) is 94.1. The van der Waals surface area contributed by atoms with Crippen LogP contribution in [0.5, 0.6) is 0 Å². The number of pyridine rings is 5. The van der Waals surface area contributed by atoms with E-state index < -0.39 is 0 Å². The van der Waals surface area contributed by atoms with Gasteiger partial charge in [-0.2, -0.15) is 0 Å². The van der Waals surface area contributed by atoms with Crippen LogP contribution in [0.15, 0.2) is 323 Å². The molecule has 18 aromatic rings. The summed E-state index contributed by atoms with van der Waals surface area (Å²) in [6.45, 7) is 4.61. The first-order valence-electron chi connectivity index (χ1n) is 33.9. The zero-order valence-corrected chi connectivity index (χ0v) is 57.5. The molecule has 0 spiro atoms. The fraction of sp³-hybridized carbons (Fsp3) is 0.112. The van der Waals surface area contributed by atoms with Crippen molar-refractivity contribution in [2.45, 2.75) is 24.7 Å². The van der Waals surface area contributed by atoms with Crippen molar-refractivity contribution in [2.75, 3.05) is 23.9 Å². The summed E-state index contributed by atoms with van der Waals surface area (Å²) in [5.41, 5.74) is 22.6. The van der Waals surface area contributed by atoms with Crippen LogP contribution in [0.3, 0.4) is 0 Å². The number of para-hydroxylation sites is 7. The van der Waals surface area contributed by atoms with E-state index in [1.165, 1.54) is 127 Å². The molecule has 9 aromatic heterocycles. The van der Waals surface area contributed by atoms with Gasteiger partial charge in [0.1, 0.15) is 5.65 Å². The Morgan fingerprint density at radius 1 is 0.240 bits per heavy atom. The number of aromatic nitrogens is 9. The van der Waals surface area contributed by atoms with Crippen molar-refractivity contribution in [3.8, 4) is 0 Å². The predicted octanol–water partition coefficient (Wildman–Crippen LogP) is 20.5. The van der Waals surface area contributed by atoms with Gasteiger partial charge in [-0.25, -0.2) is 4.98 Å². The molecule has 0 atom stereocenters. The Balaban J connectivity index is 0.0000000996. The quantitative estimate of drug-likeness (QED) is 0.170. The number of aryl methyl sites for hydroxylation is 4. The van der Waals surface area contributed by atoms with Crippen LogP contribution in [-0.2, 0) is 39.0 Å². The molecule has 2 aliphatic heterocycles. The lowest BCUT2D eigenvalue weighted by Crippen LogP contribution is -2.37. The monoisotopic (exact) mass is 1300 g/mol.